The maximum Gasteiger partial charge on any atom is 0.321 e. The minimum absolute atomic E-state index is 0.0816. The number of nitrogens with one attached hydrogen (secondary N) is 2. The van der Waals surface area contributed by atoms with Crippen molar-refractivity contribution in [2.45, 2.75) is 6.92 Å². The maximum absolute atomic E-state index is 12.2. The largest absolute Gasteiger partial charge is 0.359 e. The van der Waals surface area contributed by atoms with E-state index < -0.39 is 0 Å². The molecule has 2 aromatic rings. The molecule has 0 aromatic heterocycles. The molecule has 5 nitrogen and oxygen atoms in total. The molecule has 0 aliphatic rings. The summed E-state index contributed by atoms with van der Waals surface area (Å²) >= 11 is 0. The second-order valence-corrected chi connectivity index (χ2v) is 5.77. The van der Waals surface area contributed by atoms with Crippen LogP contribution in [-0.4, -0.2) is 37.5 Å². The van der Waals surface area contributed by atoms with Crippen molar-refractivity contribution in [2.24, 2.45) is 5.92 Å². The van der Waals surface area contributed by atoms with E-state index in [4.69, 9.17) is 0 Å². The number of urea groups is 1. The minimum atomic E-state index is -0.258. The number of nitrogens with zero attached hydrogens (tertiary/aromatic N) is 1. The van der Waals surface area contributed by atoms with Crippen molar-refractivity contribution in [3.8, 4) is 11.1 Å². The summed E-state index contributed by atoms with van der Waals surface area (Å²) in [5.41, 5.74) is 2.95. The first kappa shape index (κ1) is 17.5. The van der Waals surface area contributed by atoms with Gasteiger partial charge in [0.25, 0.3) is 0 Å². The first-order valence-electron chi connectivity index (χ1n) is 7.90. The van der Waals surface area contributed by atoms with Crippen molar-refractivity contribution in [1.82, 2.24) is 10.2 Å². The molecule has 5 heteroatoms. The van der Waals surface area contributed by atoms with Crippen LogP contribution in [0, 0.1) is 5.92 Å². The number of hydrogen-bond donors (Lipinski definition) is 2. The number of hydrogen-bond acceptors (Lipinski definition) is 2. The van der Waals surface area contributed by atoms with Crippen LogP contribution in [0.25, 0.3) is 11.1 Å². The highest BCUT2D eigenvalue weighted by Crippen LogP contribution is 2.21. The van der Waals surface area contributed by atoms with E-state index in [-0.39, 0.29) is 17.9 Å². The second kappa shape index (κ2) is 8.15. The van der Waals surface area contributed by atoms with E-state index in [2.05, 4.69) is 10.6 Å². The highest BCUT2D eigenvalue weighted by atomic mass is 16.2. The van der Waals surface area contributed by atoms with Gasteiger partial charge in [-0.1, -0.05) is 49.4 Å². The van der Waals surface area contributed by atoms with Gasteiger partial charge in [0, 0.05) is 26.3 Å². The number of amides is 3. The molecule has 0 heterocycles. The van der Waals surface area contributed by atoms with E-state index in [1.165, 1.54) is 4.90 Å². The molecule has 0 spiro atoms. The lowest BCUT2D eigenvalue weighted by atomic mass is 10.1. The van der Waals surface area contributed by atoms with Crippen LogP contribution in [-0.2, 0) is 4.79 Å². The van der Waals surface area contributed by atoms with Crippen LogP contribution in [0.5, 0.6) is 0 Å². The quantitative estimate of drug-likeness (QED) is 0.887. The van der Waals surface area contributed by atoms with Gasteiger partial charge in [-0.25, -0.2) is 4.79 Å². The summed E-state index contributed by atoms with van der Waals surface area (Å²) < 4.78 is 0. The molecule has 3 amide bonds. The Hall–Kier alpha value is -2.82. The van der Waals surface area contributed by atoms with Crippen molar-refractivity contribution in [1.29, 1.82) is 0 Å². The molecule has 0 radical (unpaired) electrons. The summed E-state index contributed by atoms with van der Waals surface area (Å²) in [5, 5.41) is 5.42. The van der Waals surface area contributed by atoms with E-state index >= 15 is 0 Å². The summed E-state index contributed by atoms with van der Waals surface area (Å²) in [5.74, 6) is -0.340. The number of anilines is 1. The van der Waals surface area contributed by atoms with E-state index in [9.17, 15) is 9.59 Å². The zero-order chi connectivity index (χ0) is 17.5. The fraction of sp³-hybridized carbons (Fsp3) is 0.263. The molecule has 0 aliphatic carbocycles. The van der Waals surface area contributed by atoms with Gasteiger partial charge in [0.05, 0.1) is 5.92 Å². The Balaban J connectivity index is 1.95. The molecule has 0 aliphatic heterocycles. The lowest BCUT2D eigenvalue weighted by Crippen LogP contribution is -2.39. The topological polar surface area (TPSA) is 61.4 Å². The van der Waals surface area contributed by atoms with Crippen LogP contribution in [0.1, 0.15) is 6.92 Å². The molecule has 24 heavy (non-hydrogen) atoms. The fourth-order valence-electron chi connectivity index (χ4n) is 2.42. The molecule has 2 aromatic carbocycles. The second-order valence-electron chi connectivity index (χ2n) is 5.77. The number of carbonyl (C=O) groups excluding carboxylic acids is 2. The predicted molar refractivity (Wildman–Crippen MR) is 96.8 cm³/mol. The average molecular weight is 325 g/mol. The van der Waals surface area contributed by atoms with Gasteiger partial charge in [-0.05, 0) is 23.3 Å². The lowest BCUT2D eigenvalue weighted by Gasteiger charge is -2.21. The van der Waals surface area contributed by atoms with Crippen LogP contribution in [0.3, 0.4) is 0 Å². The van der Waals surface area contributed by atoms with E-state index in [0.717, 1.165) is 16.8 Å². The summed E-state index contributed by atoms with van der Waals surface area (Å²) in [6, 6.07) is 17.5. The van der Waals surface area contributed by atoms with Gasteiger partial charge >= 0.3 is 6.03 Å². The Kier molecular flexibility index (Phi) is 5.95. The van der Waals surface area contributed by atoms with E-state index in [1.54, 1.807) is 21.0 Å². The first-order chi connectivity index (χ1) is 11.5. The molecule has 2 rings (SSSR count). The Morgan fingerprint density at radius 2 is 1.58 bits per heavy atom. The van der Waals surface area contributed by atoms with Crippen LogP contribution < -0.4 is 10.6 Å². The van der Waals surface area contributed by atoms with E-state index in [0.29, 0.717) is 6.54 Å². The number of rotatable bonds is 5. The number of carbonyl (C=O) groups is 2. The zero-order valence-corrected chi connectivity index (χ0v) is 14.2. The molecule has 0 saturated heterocycles. The van der Waals surface area contributed by atoms with Gasteiger partial charge in [-0.15, -0.1) is 0 Å². The zero-order valence-electron chi connectivity index (χ0n) is 14.2. The predicted octanol–water partition coefficient (Wildman–Crippen LogP) is 3.20. The minimum Gasteiger partial charge on any atom is -0.359 e. The highest BCUT2D eigenvalue weighted by molar-refractivity contribution is 5.90. The van der Waals surface area contributed by atoms with E-state index in [1.807, 2.05) is 54.6 Å². The third kappa shape index (κ3) is 4.59. The van der Waals surface area contributed by atoms with Crippen molar-refractivity contribution in [3.05, 3.63) is 54.6 Å². The Morgan fingerprint density at radius 1 is 1.00 bits per heavy atom. The molecular weight excluding hydrogens is 302 g/mol. The number of benzene rings is 2. The first-order valence-corrected chi connectivity index (χ1v) is 7.90. The fourth-order valence-corrected chi connectivity index (χ4v) is 2.42. The monoisotopic (exact) mass is 325 g/mol. The summed E-state index contributed by atoms with van der Waals surface area (Å²) in [7, 11) is 3.26. The van der Waals surface area contributed by atoms with Crippen LogP contribution in [0.4, 0.5) is 10.5 Å². The van der Waals surface area contributed by atoms with Crippen LogP contribution in [0.2, 0.25) is 0 Å². The summed E-state index contributed by atoms with van der Waals surface area (Å²) in [6.07, 6.45) is 0. The van der Waals surface area contributed by atoms with Crippen LogP contribution >= 0.6 is 0 Å². The lowest BCUT2D eigenvalue weighted by molar-refractivity contribution is -0.124. The van der Waals surface area contributed by atoms with Gasteiger partial charge in [0.2, 0.25) is 5.91 Å². The molecule has 0 unspecified atom stereocenters. The van der Waals surface area contributed by atoms with Crippen LogP contribution in [0.15, 0.2) is 54.6 Å². The maximum atomic E-state index is 12.2. The molecule has 2 N–H and O–H groups in total. The third-order valence-corrected chi connectivity index (χ3v) is 3.83. The van der Waals surface area contributed by atoms with Gasteiger partial charge in [-0.3, -0.25) is 4.79 Å². The molecule has 126 valence electrons. The highest BCUT2D eigenvalue weighted by Gasteiger charge is 2.17. The van der Waals surface area contributed by atoms with Crippen molar-refractivity contribution < 1.29 is 9.59 Å². The summed E-state index contributed by atoms with van der Waals surface area (Å²) in [4.78, 5) is 25.2. The van der Waals surface area contributed by atoms with Gasteiger partial charge in [0.1, 0.15) is 0 Å². The van der Waals surface area contributed by atoms with Gasteiger partial charge in [-0.2, -0.15) is 0 Å². The Bertz CT molecular complexity index is 684. The molecular formula is C19H23N3O2. The van der Waals surface area contributed by atoms with Gasteiger partial charge < -0.3 is 15.5 Å². The molecule has 0 saturated carbocycles. The van der Waals surface area contributed by atoms with Gasteiger partial charge in [0.15, 0.2) is 0 Å². The smallest absolute Gasteiger partial charge is 0.321 e. The Morgan fingerprint density at radius 3 is 2.17 bits per heavy atom. The van der Waals surface area contributed by atoms with Crippen molar-refractivity contribution >= 4 is 17.6 Å². The molecule has 1 atom stereocenters. The average Bonchev–Trinajstić information content (AvgIpc) is 2.62. The van der Waals surface area contributed by atoms with Crippen molar-refractivity contribution in [3.63, 3.8) is 0 Å². The molecule has 0 fully saturated rings. The molecule has 0 bridgehead atoms. The normalized spacial score (nSPS) is 11.5. The Labute approximate surface area is 142 Å². The standard InChI is InChI=1S/C19H23N3O2/c1-14(18(23)20-2)13-22(3)19(24)21-17-11-9-16(10-12-17)15-7-5-4-6-8-15/h4-12,14H,13H2,1-3H3,(H,20,23)(H,21,24)/t14-/m1/s1. The third-order valence-electron chi connectivity index (χ3n) is 3.83. The SMILES string of the molecule is CNC(=O)[C@H](C)CN(C)C(=O)Nc1ccc(-c2ccccc2)cc1. The van der Waals surface area contributed by atoms with Crippen molar-refractivity contribution in [2.75, 3.05) is 26.0 Å². The summed E-state index contributed by atoms with van der Waals surface area (Å²) in [6.45, 7) is 2.14.